The Hall–Kier alpha value is -3.60. The van der Waals surface area contributed by atoms with E-state index in [2.05, 4.69) is 5.32 Å². The Bertz CT molecular complexity index is 1120. The molecule has 0 atom stereocenters. The summed E-state index contributed by atoms with van der Waals surface area (Å²) in [5, 5.41) is 1.54. The van der Waals surface area contributed by atoms with Gasteiger partial charge in [0.15, 0.2) is 11.5 Å². The number of ether oxygens (including phenoxy) is 3. The summed E-state index contributed by atoms with van der Waals surface area (Å²) in [6.45, 7) is -0.637. The third-order valence-corrected chi connectivity index (χ3v) is 5.31. The van der Waals surface area contributed by atoms with Crippen molar-refractivity contribution in [3.63, 3.8) is 0 Å². The quantitative estimate of drug-likeness (QED) is 0.625. The average Bonchev–Trinajstić information content (AvgIpc) is 3.02. The molecule has 1 aliphatic rings. The van der Waals surface area contributed by atoms with E-state index in [0.29, 0.717) is 40.6 Å². The number of nitrogens with zero attached hydrogens (tertiary/aromatic N) is 1. The number of hydrogen-bond acceptors (Lipinski definition) is 7. The van der Waals surface area contributed by atoms with Gasteiger partial charge in [-0.1, -0.05) is 0 Å². The molecule has 1 aliphatic heterocycles. The van der Waals surface area contributed by atoms with Gasteiger partial charge in [-0.15, -0.1) is 0 Å². The molecule has 3 amide bonds. The zero-order chi connectivity index (χ0) is 23.4. The van der Waals surface area contributed by atoms with E-state index in [-0.39, 0.29) is 10.6 Å². The fraction of sp³-hybridized carbons (Fsp3) is 0.190. The molecule has 0 saturated carbocycles. The van der Waals surface area contributed by atoms with Gasteiger partial charge in [0.1, 0.15) is 23.9 Å². The zero-order valence-corrected chi connectivity index (χ0v) is 18.0. The van der Waals surface area contributed by atoms with Gasteiger partial charge in [-0.3, -0.25) is 19.3 Å². The van der Waals surface area contributed by atoms with Crippen LogP contribution in [0.1, 0.15) is 5.56 Å². The third kappa shape index (κ3) is 4.83. The van der Waals surface area contributed by atoms with Crippen LogP contribution in [0.25, 0.3) is 6.08 Å². The van der Waals surface area contributed by atoms with Crippen molar-refractivity contribution >= 4 is 40.6 Å². The van der Waals surface area contributed by atoms with Crippen molar-refractivity contribution in [3.05, 3.63) is 52.4 Å². The molecule has 2 aromatic rings. The van der Waals surface area contributed by atoms with Gasteiger partial charge in [0.25, 0.3) is 11.1 Å². The maximum absolute atomic E-state index is 13.7. The van der Waals surface area contributed by atoms with Crippen molar-refractivity contribution in [1.82, 2.24) is 4.90 Å². The van der Waals surface area contributed by atoms with Crippen LogP contribution in [-0.2, 0) is 9.59 Å². The molecule has 0 aromatic heterocycles. The predicted octanol–water partition coefficient (Wildman–Crippen LogP) is 3.67. The summed E-state index contributed by atoms with van der Waals surface area (Å²) in [6, 6.07) is 5.77. The van der Waals surface area contributed by atoms with Gasteiger partial charge in [0, 0.05) is 17.7 Å². The summed E-state index contributed by atoms with van der Waals surface area (Å²) in [5.74, 6) is -2.12. The Morgan fingerprint density at radius 2 is 1.69 bits per heavy atom. The van der Waals surface area contributed by atoms with Crippen molar-refractivity contribution in [1.29, 1.82) is 0 Å². The maximum atomic E-state index is 13.7. The van der Waals surface area contributed by atoms with Gasteiger partial charge < -0.3 is 19.5 Å². The lowest BCUT2D eigenvalue weighted by Gasteiger charge is -2.13. The number of rotatable bonds is 7. The first-order valence-corrected chi connectivity index (χ1v) is 9.89. The summed E-state index contributed by atoms with van der Waals surface area (Å²) in [6.07, 6.45) is 1.43. The van der Waals surface area contributed by atoms with E-state index in [1.807, 2.05) is 0 Å². The summed E-state index contributed by atoms with van der Waals surface area (Å²) in [7, 11) is 4.35. The minimum atomic E-state index is -0.979. The maximum Gasteiger partial charge on any atom is 0.294 e. The van der Waals surface area contributed by atoms with Crippen LogP contribution in [0.15, 0.2) is 35.2 Å². The largest absolute Gasteiger partial charge is 0.496 e. The van der Waals surface area contributed by atoms with Crippen molar-refractivity contribution in [2.75, 3.05) is 33.2 Å². The number of methoxy groups -OCH3 is 3. The number of thioether (sulfide) groups is 1. The first-order valence-electron chi connectivity index (χ1n) is 9.07. The van der Waals surface area contributed by atoms with Gasteiger partial charge >= 0.3 is 0 Å². The van der Waals surface area contributed by atoms with E-state index in [9.17, 15) is 23.2 Å². The van der Waals surface area contributed by atoms with Crippen molar-refractivity contribution in [2.45, 2.75) is 0 Å². The van der Waals surface area contributed by atoms with Crippen LogP contribution >= 0.6 is 11.8 Å². The second-order valence-electron chi connectivity index (χ2n) is 6.39. The highest BCUT2D eigenvalue weighted by atomic mass is 32.2. The van der Waals surface area contributed by atoms with Crippen LogP contribution in [0.2, 0.25) is 0 Å². The Kier molecular flexibility index (Phi) is 6.98. The Balaban J connectivity index is 1.80. The summed E-state index contributed by atoms with van der Waals surface area (Å²) >= 11 is 0.640. The molecule has 1 fully saturated rings. The van der Waals surface area contributed by atoms with Crippen molar-refractivity contribution in [2.24, 2.45) is 0 Å². The molecule has 0 unspecified atom stereocenters. The van der Waals surface area contributed by atoms with Crippen molar-refractivity contribution < 1.29 is 37.4 Å². The smallest absolute Gasteiger partial charge is 0.294 e. The summed E-state index contributed by atoms with van der Waals surface area (Å²) < 4.78 is 42.5. The lowest BCUT2D eigenvalue weighted by Crippen LogP contribution is -2.36. The van der Waals surface area contributed by atoms with Crippen molar-refractivity contribution in [3.8, 4) is 17.2 Å². The highest BCUT2D eigenvalue weighted by molar-refractivity contribution is 8.18. The minimum Gasteiger partial charge on any atom is -0.496 e. The fourth-order valence-corrected chi connectivity index (χ4v) is 3.70. The van der Waals surface area contributed by atoms with Crippen LogP contribution in [0, 0.1) is 11.6 Å². The Morgan fingerprint density at radius 1 is 1.03 bits per heavy atom. The number of carbonyl (C=O) groups excluding carboxylic acids is 3. The lowest BCUT2D eigenvalue weighted by molar-refractivity contribution is -0.127. The number of amides is 3. The molecule has 1 saturated heterocycles. The Morgan fingerprint density at radius 3 is 2.31 bits per heavy atom. The van der Waals surface area contributed by atoms with E-state index in [0.717, 1.165) is 17.0 Å². The molecule has 11 heteroatoms. The highest BCUT2D eigenvalue weighted by Gasteiger charge is 2.36. The highest BCUT2D eigenvalue weighted by Crippen LogP contribution is 2.38. The molecule has 168 valence electrons. The number of benzene rings is 2. The number of halogens is 2. The van der Waals surface area contributed by atoms with Crippen LogP contribution in [-0.4, -0.2) is 49.8 Å². The molecule has 0 spiro atoms. The van der Waals surface area contributed by atoms with Gasteiger partial charge in [-0.05, 0) is 36.0 Å². The zero-order valence-electron chi connectivity index (χ0n) is 17.2. The first-order chi connectivity index (χ1) is 15.3. The molecule has 8 nitrogen and oxygen atoms in total. The second-order valence-corrected chi connectivity index (χ2v) is 7.38. The number of carbonyl (C=O) groups is 3. The van der Waals surface area contributed by atoms with Crippen LogP contribution in [0.3, 0.4) is 0 Å². The van der Waals surface area contributed by atoms with E-state index in [1.54, 1.807) is 12.1 Å². The van der Waals surface area contributed by atoms with Crippen LogP contribution < -0.4 is 19.5 Å². The molecule has 3 rings (SSSR count). The summed E-state index contributed by atoms with van der Waals surface area (Å²) in [5.41, 5.74) is 0.183. The fourth-order valence-electron chi connectivity index (χ4n) is 2.87. The normalized spacial score (nSPS) is 14.7. The molecular formula is C21H18F2N2O6S. The van der Waals surface area contributed by atoms with Crippen LogP contribution in [0.5, 0.6) is 17.2 Å². The van der Waals surface area contributed by atoms with Gasteiger partial charge in [0.05, 0.1) is 31.9 Å². The molecule has 1 N–H and O–H groups in total. The molecular weight excluding hydrogens is 446 g/mol. The number of imide groups is 1. The third-order valence-electron chi connectivity index (χ3n) is 4.40. The number of nitrogens with one attached hydrogen (secondary N) is 1. The summed E-state index contributed by atoms with van der Waals surface area (Å²) in [4.78, 5) is 38.0. The SMILES string of the molecule is COc1cc(OC)c(OC)cc1C=C1SC(=O)N(CC(=O)Nc2ccc(F)cc2F)C1=O. The second kappa shape index (κ2) is 9.69. The average molecular weight is 464 g/mol. The predicted molar refractivity (Wildman–Crippen MR) is 114 cm³/mol. The first kappa shape index (κ1) is 23.1. The lowest BCUT2D eigenvalue weighted by atomic mass is 10.1. The van der Waals surface area contributed by atoms with Gasteiger partial charge in [-0.2, -0.15) is 0 Å². The molecule has 32 heavy (non-hydrogen) atoms. The number of hydrogen-bond donors (Lipinski definition) is 1. The molecule has 0 radical (unpaired) electrons. The van der Waals surface area contributed by atoms with Crippen LogP contribution in [0.4, 0.5) is 19.3 Å². The standard InChI is InChI=1S/C21H18F2N2O6S/c1-29-15-9-17(31-3)16(30-2)6-11(15)7-18-20(27)25(21(28)32-18)10-19(26)24-14-5-4-12(22)8-13(14)23/h4-9H,10H2,1-3H3,(H,24,26). The molecule has 1 heterocycles. The monoisotopic (exact) mass is 464 g/mol. The van der Waals surface area contributed by atoms with E-state index < -0.39 is 35.2 Å². The number of anilines is 1. The molecule has 0 aliphatic carbocycles. The van der Waals surface area contributed by atoms with E-state index in [1.165, 1.54) is 27.4 Å². The van der Waals surface area contributed by atoms with E-state index in [4.69, 9.17) is 14.2 Å². The van der Waals surface area contributed by atoms with Gasteiger partial charge in [-0.25, -0.2) is 8.78 Å². The minimum absolute atomic E-state index is 0.0567. The molecule has 2 aromatic carbocycles. The topological polar surface area (TPSA) is 94.2 Å². The Labute approximate surface area is 186 Å². The molecule has 0 bridgehead atoms. The van der Waals surface area contributed by atoms with E-state index >= 15 is 0 Å². The van der Waals surface area contributed by atoms with Gasteiger partial charge in [0.2, 0.25) is 5.91 Å².